The van der Waals surface area contributed by atoms with E-state index in [9.17, 15) is 9.18 Å². The van der Waals surface area contributed by atoms with Crippen molar-refractivity contribution in [2.24, 2.45) is 5.92 Å². The molecule has 15 heavy (non-hydrogen) atoms. The second-order valence-electron chi connectivity index (χ2n) is 3.28. The summed E-state index contributed by atoms with van der Waals surface area (Å²) in [5, 5.41) is 8.84. The van der Waals surface area contributed by atoms with Crippen molar-refractivity contribution in [3.63, 3.8) is 0 Å². The maximum atomic E-state index is 13.2. The SMILES string of the molecule is CC(C#N)CC(=O)c1cc(Cl)ccc1F. The highest BCUT2D eigenvalue weighted by molar-refractivity contribution is 6.31. The minimum atomic E-state index is -0.602. The highest BCUT2D eigenvalue weighted by atomic mass is 35.5. The summed E-state index contributed by atoms with van der Waals surface area (Å²) in [6.45, 7) is 1.61. The van der Waals surface area contributed by atoms with E-state index in [1.165, 1.54) is 12.1 Å². The molecule has 0 aliphatic carbocycles. The van der Waals surface area contributed by atoms with Crippen LogP contribution in [0.4, 0.5) is 4.39 Å². The fraction of sp³-hybridized carbons (Fsp3) is 0.273. The van der Waals surface area contributed by atoms with Crippen molar-refractivity contribution in [1.29, 1.82) is 5.26 Å². The van der Waals surface area contributed by atoms with Gasteiger partial charge >= 0.3 is 0 Å². The second-order valence-corrected chi connectivity index (χ2v) is 3.72. The topological polar surface area (TPSA) is 40.9 Å². The standard InChI is InChI=1S/C11H9ClFNO/c1-7(6-14)4-11(15)9-5-8(12)2-3-10(9)13/h2-3,5,7H,4H2,1H3. The van der Waals surface area contributed by atoms with Crippen LogP contribution in [0.25, 0.3) is 0 Å². The summed E-state index contributed by atoms with van der Waals surface area (Å²) < 4.78 is 13.2. The number of nitriles is 1. The Labute approximate surface area is 92.3 Å². The first kappa shape index (κ1) is 11.7. The molecule has 2 nitrogen and oxygen atoms in total. The van der Waals surface area contributed by atoms with Crippen LogP contribution in [0.3, 0.4) is 0 Å². The van der Waals surface area contributed by atoms with Crippen LogP contribution in [0.1, 0.15) is 23.7 Å². The van der Waals surface area contributed by atoms with Gasteiger partial charge in [-0.05, 0) is 25.1 Å². The van der Waals surface area contributed by atoms with Crippen LogP contribution in [0.15, 0.2) is 18.2 Å². The minimum Gasteiger partial charge on any atom is -0.294 e. The number of nitrogens with zero attached hydrogens (tertiary/aromatic N) is 1. The summed E-state index contributed by atoms with van der Waals surface area (Å²) in [4.78, 5) is 11.5. The molecule has 0 amide bonds. The molecule has 1 rings (SSSR count). The van der Waals surface area contributed by atoms with E-state index in [1.54, 1.807) is 6.92 Å². The second kappa shape index (κ2) is 4.90. The van der Waals surface area contributed by atoms with E-state index in [2.05, 4.69) is 0 Å². The molecule has 0 radical (unpaired) electrons. The molecule has 4 heteroatoms. The maximum absolute atomic E-state index is 13.2. The Balaban J connectivity index is 2.92. The lowest BCUT2D eigenvalue weighted by Crippen LogP contribution is -2.06. The predicted octanol–water partition coefficient (Wildman–Crippen LogP) is 3.21. The van der Waals surface area contributed by atoms with Gasteiger partial charge in [0.25, 0.3) is 0 Å². The Morgan fingerprint density at radius 2 is 2.33 bits per heavy atom. The quantitative estimate of drug-likeness (QED) is 0.741. The molecule has 0 N–H and O–H groups in total. The zero-order valence-electron chi connectivity index (χ0n) is 8.13. The molecule has 1 atom stereocenters. The third kappa shape index (κ3) is 3.03. The lowest BCUT2D eigenvalue weighted by atomic mass is 10.0. The van der Waals surface area contributed by atoms with E-state index in [-0.39, 0.29) is 12.0 Å². The average molecular weight is 226 g/mol. The van der Waals surface area contributed by atoms with Crippen molar-refractivity contribution in [1.82, 2.24) is 0 Å². The molecule has 0 heterocycles. The van der Waals surface area contributed by atoms with Gasteiger partial charge in [-0.25, -0.2) is 4.39 Å². The highest BCUT2D eigenvalue weighted by Crippen LogP contribution is 2.18. The smallest absolute Gasteiger partial charge is 0.167 e. The number of carbonyl (C=O) groups excluding carboxylic acids is 1. The molecule has 1 aromatic carbocycles. The van der Waals surface area contributed by atoms with Crippen LogP contribution in [-0.2, 0) is 0 Å². The Kier molecular flexibility index (Phi) is 3.81. The number of benzene rings is 1. The third-order valence-corrected chi connectivity index (χ3v) is 2.18. The molecule has 1 unspecified atom stereocenters. The van der Waals surface area contributed by atoms with Gasteiger partial charge < -0.3 is 0 Å². The normalized spacial score (nSPS) is 11.9. The van der Waals surface area contributed by atoms with Crippen LogP contribution in [0, 0.1) is 23.1 Å². The number of hydrogen-bond acceptors (Lipinski definition) is 2. The van der Waals surface area contributed by atoms with Gasteiger partial charge in [-0.15, -0.1) is 0 Å². The number of hydrogen-bond donors (Lipinski definition) is 0. The van der Waals surface area contributed by atoms with Gasteiger partial charge in [-0.3, -0.25) is 4.79 Å². The fourth-order valence-corrected chi connectivity index (χ4v) is 1.32. The molecular formula is C11H9ClFNO. The molecule has 78 valence electrons. The molecular weight excluding hydrogens is 217 g/mol. The number of ketones is 1. The maximum Gasteiger partial charge on any atom is 0.167 e. The van der Waals surface area contributed by atoms with Crippen LogP contribution >= 0.6 is 11.6 Å². The van der Waals surface area contributed by atoms with Crippen LogP contribution in [-0.4, -0.2) is 5.78 Å². The first-order valence-corrected chi connectivity index (χ1v) is 4.80. The summed E-state index contributed by atoms with van der Waals surface area (Å²) >= 11 is 5.65. The summed E-state index contributed by atoms with van der Waals surface area (Å²) in [6, 6.07) is 5.73. The van der Waals surface area contributed by atoms with E-state index in [4.69, 9.17) is 16.9 Å². The Morgan fingerprint density at radius 1 is 1.67 bits per heavy atom. The van der Waals surface area contributed by atoms with Crippen molar-refractivity contribution in [3.05, 3.63) is 34.6 Å². The molecule has 0 saturated heterocycles. The lowest BCUT2D eigenvalue weighted by Gasteiger charge is -2.03. The van der Waals surface area contributed by atoms with E-state index >= 15 is 0 Å². The predicted molar refractivity (Wildman–Crippen MR) is 55.1 cm³/mol. The third-order valence-electron chi connectivity index (χ3n) is 1.94. The van der Waals surface area contributed by atoms with E-state index in [0.29, 0.717) is 5.02 Å². The monoisotopic (exact) mass is 225 g/mol. The van der Waals surface area contributed by atoms with Gasteiger partial charge in [0.05, 0.1) is 17.6 Å². The summed E-state index contributed by atoms with van der Waals surface area (Å²) in [5.41, 5.74) is -0.0513. The largest absolute Gasteiger partial charge is 0.294 e. The molecule has 0 aromatic heterocycles. The highest BCUT2D eigenvalue weighted by Gasteiger charge is 2.15. The molecule has 0 bridgehead atoms. The van der Waals surface area contributed by atoms with Crippen LogP contribution < -0.4 is 0 Å². The fourth-order valence-electron chi connectivity index (χ4n) is 1.14. The Bertz CT molecular complexity index is 425. The van der Waals surface area contributed by atoms with E-state index < -0.39 is 17.5 Å². The van der Waals surface area contributed by atoms with Gasteiger partial charge in [-0.2, -0.15) is 5.26 Å². The molecule has 1 aromatic rings. The lowest BCUT2D eigenvalue weighted by molar-refractivity contribution is 0.0969. The first-order valence-electron chi connectivity index (χ1n) is 4.42. The first-order chi connectivity index (χ1) is 7.04. The van der Waals surface area contributed by atoms with E-state index in [1.807, 2.05) is 6.07 Å². The van der Waals surface area contributed by atoms with Gasteiger partial charge in [0, 0.05) is 11.4 Å². The van der Waals surface area contributed by atoms with Crippen molar-refractivity contribution in [2.45, 2.75) is 13.3 Å². The Hall–Kier alpha value is -1.40. The molecule has 0 aliphatic rings. The van der Waals surface area contributed by atoms with Crippen LogP contribution in [0.5, 0.6) is 0 Å². The molecule has 0 spiro atoms. The summed E-state index contributed by atoms with van der Waals surface area (Å²) in [6.07, 6.45) is 0.00770. The minimum absolute atomic E-state index is 0.00770. The Morgan fingerprint density at radius 3 is 2.93 bits per heavy atom. The van der Waals surface area contributed by atoms with Gasteiger partial charge in [0.15, 0.2) is 5.78 Å². The molecule has 0 aliphatic heterocycles. The average Bonchev–Trinajstić information content (AvgIpc) is 2.21. The molecule has 0 saturated carbocycles. The van der Waals surface area contributed by atoms with E-state index in [0.717, 1.165) is 6.07 Å². The van der Waals surface area contributed by atoms with Gasteiger partial charge in [0.1, 0.15) is 5.82 Å². The number of Topliss-reactive ketones (excluding diaryl/α,β-unsaturated/α-hetero) is 1. The number of rotatable bonds is 3. The zero-order valence-corrected chi connectivity index (χ0v) is 8.88. The van der Waals surface area contributed by atoms with Crippen molar-refractivity contribution >= 4 is 17.4 Å². The van der Waals surface area contributed by atoms with Crippen molar-refractivity contribution in [3.8, 4) is 6.07 Å². The van der Waals surface area contributed by atoms with Crippen molar-refractivity contribution < 1.29 is 9.18 Å². The van der Waals surface area contributed by atoms with Crippen LogP contribution in [0.2, 0.25) is 5.02 Å². The summed E-state index contributed by atoms with van der Waals surface area (Å²) in [5.74, 6) is -1.42. The molecule has 0 fully saturated rings. The van der Waals surface area contributed by atoms with Gasteiger partial charge in [0.2, 0.25) is 0 Å². The number of halogens is 2. The summed E-state index contributed by atoms with van der Waals surface area (Å²) in [7, 11) is 0. The number of carbonyl (C=O) groups is 1. The van der Waals surface area contributed by atoms with Crippen molar-refractivity contribution in [2.75, 3.05) is 0 Å². The van der Waals surface area contributed by atoms with Gasteiger partial charge in [-0.1, -0.05) is 11.6 Å². The zero-order chi connectivity index (χ0) is 11.4.